The molecular weight excluding hydrogens is 244 g/mol. The van der Waals surface area contributed by atoms with Gasteiger partial charge in [0, 0.05) is 32.3 Å². The van der Waals surface area contributed by atoms with Crippen LogP contribution in [-0.2, 0) is 14.3 Å². The van der Waals surface area contributed by atoms with Gasteiger partial charge in [-0.15, -0.1) is 0 Å². The molecule has 1 unspecified atom stereocenters. The smallest absolute Gasteiger partial charge is 0.325 e. The predicted octanol–water partition coefficient (Wildman–Crippen LogP) is 1.03. The van der Waals surface area contributed by atoms with Crippen LogP contribution in [0.2, 0.25) is 0 Å². The summed E-state index contributed by atoms with van der Waals surface area (Å²) >= 11 is 0. The maximum absolute atomic E-state index is 12.0. The Morgan fingerprint density at radius 3 is 2.79 bits per heavy atom. The highest BCUT2D eigenvalue weighted by Gasteiger charge is 2.34. The molecule has 1 heterocycles. The third-order valence-electron chi connectivity index (χ3n) is 3.49. The van der Waals surface area contributed by atoms with Gasteiger partial charge >= 0.3 is 5.97 Å². The van der Waals surface area contributed by atoms with Crippen LogP contribution in [0.15, 0.2) is 0 Å². The molecule has 1 fully saturated rings. The highest BCUT2D eigenvalue weighted by molar-refractivity contribution is 5.80. The Labute approximate surface area is 116 Å². The summed E-state index contributed by atoms with van der Waals surface area (Å²) in [6, 6.07) is 0.247. The van der Waals surface area contributed by atoms with Crippen LogP contribution in [-0.4, -0.2) is 62.4 Å². The summed E-state index contributed by atoms with van der Waals surface area (Å²) in [4.78, 5) is 14.3. The summed E-state index contributed by atoms with van der Waals surface area (Å²) in [5, 5.41) is 3.33. The molecule has 0 spiro atoms. The normalized spacial score (nSPS) is 20.9. The van der Waals surface area contributed by atoms with Crippen LogP contribution in [0.3, 0.4) is 0 Å². The molecule has 5 nitrogen and oxygen atoms in total. The third kappa shape index (κ3) is 5.47. The first kappa shape index (κ1) is 16.4. The fourth-order valence-corrected chi connectivity index (χ4v) is 2.50. The summed E-state index contributed by atoms with van der Waals surface area (Å²) in [6.07, 6.45) is 1.81. The molecule has 1 saturated heterocycles. The van der Waals surface area contributed by atoms with Gasteiger partial charge in [-0.2, -0.15) is 0 Å². The van der Waals surface area contributed by atoms with Crippen molar-refractivity contribution in [3.63, 3.8) is 0 Å². The molecule has 1 aliphatic heterocycles. The topological polar surface area (TPSA) is 50.8 Å². The number of ether oxygens (including phenoxy) is 2. The van der Waals surface area contributed by atoms with Crippen LogP contribution in [0.4, 0.5) is 0 Å². The third-order valence-corrected chi connectivity index (χ3v) is 3.49. The van der Waals surface area contributed by atoms with Crippen molar-refractivity contribution in [2.24, 2.45) is 0 Å². The number of rotatable bonds is 6. The number of carbonyl (C=O) groups is 1. The molecule has 5 heteroatoms. The Morgan fingerprint density at radius 2 is 2.16 bits per heavy atom. The number of hydrogen-bond donors (Lipinski definition) is 1. The van der Waals surface area contributed by atoms with Gasteiger partial charge < -0.3 is 14.4 Å². The lowest BCUT2D eigenvalue weighted by Crippen LogP contribution is -2.54. The van der Waals surface area contributed by atoms with Crippen LogP contribution in [0.25, 0.3) is 0 Å². The lowest BCUT2D eigenvalue weighted by atomic mass is 9.96. The summed E-state index contributed by atoms with van der Waals surface area (Å²) in [5.74, 6) is -0.188. The van der Waals surface area contributed by atoms with Crippen molar-refractivity contribution in [2.45, 2.75) is 45.2 Å². The maximum atomic E-state index is 12.0. The molecule has 1 N–H and O–H groups in total. The van der Waals surface area contributed by atoms with E-state index in [1.807, 2.05) is 20.8 Å². The van der Waals surface area contributed by atoms with Gasteiger partial charge in [0.15, 0.2) is 0 Å². The molecule has 0 aromatic carbocycles. The van der Waals surface area contributed by atoms with Gasteiger partial charge in [-0.1, -0.05) is 0 Å². The Kier molecular flexibility index (Phi) is 6.75. The predicted molar refractivity (Wildman–Crippen MR) is 75.2 cm³/mol. The van der Waals surface area contributed by atoms with Crippen molar-refractivity contribution >= 4 is 5.97 Å². The van der Waals surface area contributed by atoms with E-state index in [4.69, 9.17) is 9.47 Å². The van der Waals surface area contributed by atoms with Crippen molar-refractivity contribution < 1.29 is 14.3 Å². The summed E-state index contributed by atoms with van der Waals surface area (Å²) in [7, 11) is 1.45. The van der Waals surface area contributed by atoms with Crippen LogP contribution < -0.4 is 5.32 Å². The number of methoxy groups -OCH3 is 1. The SMILES string of the molecule is COC(=O)C(C)(CCN1CCCOCC1)NC(C)C. The lowest BCUT2D eigenvalue weighted by molar-refractivity contribution is -0.148. The number of carbonyl (C=O) groups excluding carboxylic acids is 1. The summed E-state index contributed by atoms with van der Waals surface area (Å²) in [6.45, 7) is 10.5. The molecule has 0 aliphatic carbocycles. The highest BCUT2D eigenvalue weighted by Crippen LogP contribution is 2.15. The molecule has 0 bridgehead atoms. The molecule has 1 atom stereocenters. The van der Waals surface area contributed by atoms with E-state index in [1.54, 1.807) is 0 Å². The first-order valence-electron chi connectivity index (χ1n) is 7.14. The molecule has 0 aromatic heterocycles. The second-order valence-electron chi connectivity index (χ2n) is 5.68. The number of hydrogen-bond acceptors (Lipinski definition) is 5. The first-order valence-corrected chi connectivity index (χ1v) is 7.14. The van der Waals surface area contributed by atoms with E-state index in [1.165, 1.54) is 7.11 Å². The van der Waals surface area contributed by atoms with E-state index in [-0.39, 0.29) is 12.0 Å². The molecule has 0 aromatic rings. The highest BCUT2D eigenvalue weighted by atomic mass is 16.5. The molecule has 0 saturated carbocycles. The van der Waals surface area contributed by atoms with E-state index in [2.05, 4.69) is 10.2 Å². The van der Waals surface area contributed by atoms with E-state index in [9.17, 15) is 4.79 Å². The van der Waals surface area contributed by atoms with Gasteiger partial charge in [0.1, 0.15) is 5.54 Å². The fourth-order valence-electron chi connectivity index (χ4n) is 2.50. The average Bonchev–Trinajstić information content (AvgIpc) is 2.63. The molecule has 1 aliphatic rings. The maximum Gasteiger partial charge on any atom is 0.325 e. The first-order chi connectivity index (χ1) is 8.98. The Bertz CT molecular complexity index is 276. The van der Waals surface area contributed by atoms with Crippen molar-refractivity contribution in [3.05, 3.63) is 0 Å². The van der Waals surface area contributed by atoms with Crippen LogP contribution in [0, 0.1) is 0 Å². The van der Waals surface area contributed by atoms with Crippen LogP contribution >= 0.6 is 0 Å². The quantitative estimate of drug-likeness (QED) is 0.732. The zero-order valence-electron chi connectivity index (χ0n) is 12.7. The van der Waals surface area contributed by atoms with Crippen molar-refractivity contribution in [2.75, 3.05) is 40.0 Å². The zero-order valence-corrected chi connectivity index (χ0v) is 12.7. The fraction of sp³-hybridized carbons (Fsp3) is 0.929. The largest absolute Gasteiger partial charge is 0.468 e. The Balaban J connectivity index is 2.54. The number of nitrogens with zero attached hydrogens (tertiary/aromatic N) is 1. The van der Waals surface area contributed by atoms with E-state index in [0.717, 1.165) is 45.7 Å². The molecule has 19 heavy (non-hydrogen) atoms. The second kappa shape index (κ2) is 7.82. The molecule has 0 amide bonds. The van der Waals surface area contributed by atoms with Gasteiger partial charge in [0.05, 0.1) is 13.7 Å². The second-order valence-corrected chi connectivity index (χ2v) is 5.68. The van der Waals surface area contributed by atoms with Crippen LogP contribution in [0.1, 0.15) is 33.6 Å². The van der Waals surface area contributed by atoms with E-state index in [0.29, 0.717) is 0 Å². The van der Waals surface area contributed by atoms with Gasteiger partial charge in [-0.3, -0.25) is 10.1 Å². The van der Waals surface area contributed by atoms with Crippen molar-refractivity contribution in [3.8, 4) is 0 Å². The lowest BCUT2D eigenvalue weighted by Gasteiger charge is -2.32. The Morgan fingerprint density at radius 1 is 1.42 bits per heavy atom. The van der Waals surface area contributed by atoms with Crippen molar-refractivity contribution in [1.82, 2.24) is 10.2 Å². The molecule has 1 rings (SSSR count). The molecular formula is C14H28N2O3. The van der Waals surface area contributed by atoms with Gasteiger partial charge in [-0.25, -0.2) is 0 Å². The standard InChI is InChI=1S/C14H28N2O3/c1-12(2)15-14(3,13(17)18-4)6-8-16-7-5-10-19-11-9-16/h12,15H,5-11H2,1-4H3. The number of nitrogens with one attached hydrogen (secondary N) is 1. The minimum absolute atomic E-state index is 0.188. The Hall–Kier alpha value is -0.650. The van der Waals surface area contributed by atoms with E-state index < -0.39 is 5.54 Å². The zero-order chi connectivity index (χ0) is 14.3. The minimum Gasteiger partial charge on any atom is -0.468 e. The van der Waals surface area contributed by atoms with E-state index >= 15 is 0 Å². The molecule has 0 radical (unpaired) electrons. The molecule has 112 valence electrons. The monoisotopic (exact) mass is 272 g/mol. The van der Waals surface area contributed by atoms with Gasteiger partial charge in [0.25, 0.3) is 0 Å². The van der Waals surface area contributed by atoms with Gasteiger partial charge in [0.2, 0.25) is 0 Å². The van der Waals surface area contributed by atoms with Gasteiger partial charge in [-0.05, 0) is 33.6 Å². The summed E-state index contributed by atoms with van der Waals surface area (Å²) < 4.78 is 10.4. The number of esters is 1. The average molecular weight is 272 g/mol. The summed E-state index contributed by atoms with van der Waals surface area (Å²) in [5.41, 5.74) is -0.615. The van der Waals surface area contributed by atoms with Crippen molar-refractivity contribution in [1.29, 1.82) is 0 Å². The van der Waals surface area contributed by atoms with Crippen LogP contribution in [0.5, 0.6) is 0 Å². The minimum atomic E-state index is -0.615.